The standard InChI is InChI=1S/C29H43NO7/c1-3-36-26(31)23-11-13-25(14-12-23)30-28(33)29(15-7-8-16-29)19-24(21-35-18-17-34-2)27(32)37-20-22-9-5-4-6-10-22/h4-6,9-10,23-25H,3,7-8,11-21H2,1-2H3,(H,30,33)/t23-,24?,25+. The van der Waals surface area contributed by atoms with Crippen molar-refractivity contribution >= 4 is 17.8 Å². The van der Waals surface area contributed by atoms with Crippen LogP contribution in [0.5, 0.6) is 0 Å². The van der Waals surface area contributed by atoms with Crippen molar-refractivity contribution in [1.29, 1.82) is 0 Å². The lowest BCUT2D eigenvalue weighted by atomic mass is 9.76. The monoisotopic (exact) mass is 517 g/mol. The van der Waals surface area contributed by atoms with Gasteiger partial charge >= 0.3 is 11.9 Å². The normalized spacial score (nSPS) is 21.7. The zero-order valence-corrected chi connectivity index (χ0v) is 22.4. The summed E-state index contributed by atoms with van der Waals surface area (Å²) in [6, 6.07) is 9.61. The molecule has 2 fully saturated rings. The Kier molecular flexibility index (Phi) is 11.9. The molecule has 0 spiro atoms. The average Bonchev–Trinajstić information content (AvgIpc) is 3.40. The van der Waals surface area contributed by atoms with Crippen molar-refractivity contribution in [3.8, 4) is 0 Å². The molecule has 2 aliphatic carbocycles. The van der Waals surface area contributed by atoms with Crippen LogP contribution in [0.1, 0.15) is 70.3 Å². The van der Waals surface area contributed by atoms with E-state index in [1.165, 1.54) is 0 Å². The highest BCUT2D eigenvalue weighted by atomic mass is 16.5. The first kappa shape index (κ1) is 29.1. The van der Waals surface area contributed by atoms with E-state index in [1.807, 2.05) is 37.3 Å². The van der Waals surface area contributed by atoms with Crippen LogP contribution in [0, 0.1) is 17.3 Å². The van der Waals surface area contributed by atoms with Crippen LogP contribution < -0.4 is 5.32 Å². The summed E-state index contributed by atoms with van der Waals surface area (Å²) in [5.41, 5.74) is 0.306. The van der Waals surface area contributed by atoms with Gasteiger partial charge in [0, 0.05) is 13.2 Å². The molecule has 2 saturated carbocycles. The van der Waals surface area contributed by atoms with Crippen molar-refractivity contribution in [2.24, 2.45) is 17.3 Å². The fourth-order valence-electron chi connectivity index (χ4n) is 5.54. The van der Waals surface area contributed by atoms with Gasteiger partial charge in [-0.25, -0.2) is 0 Å². The molecule has 0 bridgehead atoms. The summed E-state index contributed by atoms with van der Waals surface area (Å²) in [7, 11) is 1.60. The minimum absolute atomic E-state index is 0.0161. The van der Waals surface area contributed by atoms with E-state index >= 15 is 0 Å². The zero-order chi connectivity index (χ0) is 26.5. The minimum Gasteiger partial charge on any atom is -0.466 e. The molecule has 0 aliphatic heterocycles. The lowest BCUT2D eigenvalue weighted by Crippen LogP contribution is -2.47. The number of rotatable bonds is 14. The van der Waals surface area contributed by atoms with E-state index in [2.05, 4.69) is 5.32 Å². The Hall–Kier alpha value is -2.45. The van der Waals surface area contributed by atoms with Gasteiger partial charge in [-0.1, -0.05) is 43.2 Å². The summed E-state index contributed by atoms with van der Waals surface area (Å²) in [4.78, 5) is 38.9. The summed E-state index contributed by atoms with van der Waals surface area (Å²) in [6.07, 6.45) is 6.77. The Morgan fingerprint density at radius 2 is 1.70 bits per heavy atom. The highest BCUT2D eigenvalue weighted by molar-refractivity contribution is 5.84. The number of amides is 1. The van der Waals surface area contributed by atoms with Gasteiger partial charge in [-0.3, -0.25) is 14.4 Å². The number of carbonyl (C=O) groups excluding carboxylic acids is 3. The molecule has 1 N–H and O–H groups in total. The maximum Gasteiger partial charge on any atom is 0.311 e. The Morgan fingerprint density at radius 3 is 2.35 bits per heavy atom. The van der Waals surface area contributed by atoms with Gasteiger partial charge in [0.1, 0.15) is 6.61 Å². The van der Waals surface area contributed by atoms with Gasteiger partial charge in [0.25, 0.3) is 0 Å². The van der Waals surface area contributed by atoms with Gasteiger partial charge in [-0.15, -0.1) is 0 Å². The SMILES string of the molecule is CCOC(=O)[C@H]1CC[C@@H](NC(=O)C2(CC(COCCOC)C(=O)OCc3ccccc3)CCCC2)CC1. The third-order valence-corrected chi connectivity index (χ3v) is 7.67. The molecule has 1 unspecified atom stereocenters. The fraction of sp³-hybridized carbons (Fsp3) is 0.690. The van der Waals surface area contributed by atoms with E-state index in [0.717, 1.165) is 56.9 Å². The first-order valence-electron chi connectivity index (χ1n) is 13.7. The summed E-state index contributed by atoms with van der Waals surface area (Å²) in [5, 5.41) is 3.27. The summed E-state index contributed by atoms with van der Waals surface area (Å²) >= 11 is 0. The van der Waals surface area contributed by atoms with Gasteiger partial charge in [0.2, 0.25) is 5.91 Å². The van der Waals surface area contributed by atoms with Gasteiger partial charge in [-0.05, 0) is 57.4 Å². The van der Waals surface area contributed by atoms with Crippen LogP contribution in [-0.2, 0) is 39.9 Å². The third-order valence-electron chi connectivity index (χ3n) is 7.67. The van der Waals surface area contributed by atoms with Gasteiger partial charge in [-0.2, -0.15) is 0 Å². The number of carbonyl (C=O) groups is 3. The maximum atomic E-state index is 13.7. The van der Waals surface area contributed by atoms with E-state index in [9.17, 15) is 14.4 Å². The first-order valence-corrected chi connectivity index (χ1v) is 13.7. The smallest absolute Gasteiger partial charge is 0.311 e. The van der Waals surface area contributed by atoms with Crippen molar-refractivity contribution < 1.29 is 33.3 Å². The van der Waals surface area contributed by atoms with Gasteiger partial charge in [0.05, 0.1) is 43.7 Å². The van der Waals surface area contributed by atoms with Crippen molar-refractivity contribution in [1.82, 2.24) is 5.32 Å². The largest absolute Gasteiger partial charge is 0.466 e. The minimum atomic E-state index is -0.612. The molecule has 37 heavy (non-hydrogen) atoms. The van der Waals surface area contributed by atoms with Crippen molar-refractivity contribution in [3.63, 3.8) is 0 Å². The number of hydrogen-bond donors (Lipinski definition) is 1. The van der Waals surface area contributed by atoms with E-state index in [4.69, 9.17) is 18.9 Å². The summed E-state index contributed by atoms with van der Waals surface area (Å²) < 4.78 is 21.6. The van der Waals surface area contributed by atoms with Crippen molar-refractivity contribution in [2.45, 2.75) is 77.4 Å². The Morgan fingerprint density at radius 1 is 1.00 bits per heavy atom. The highest BCUT2D eigenvalue weighted by Gasteiger charge is 2.45. The molecule has 206 valence electrons. The molecule has 1 aromatic rings. The van der Waals surface area contributed by atoms with Crippen LogP contribution in [0.15, 0.2) is 30.3 Å². The Bertz CT molecular complexity index is 845. The molecule has 2 aliphatic rings. The highest BCUT2D eigenvalue weighted by Crippen LogP contribution is 2.44. The van der Waals surface area contributed by atoms with Crippen LogP contribution >= 0.6 is 0 Å². The number of nitrogens with one attached hydrogen (secondary N) is 1. The molecular weight excluding hydrogens is 474 g/mol. The third kappa shape index (κ3) is 8.82. The summed E-state index contributed by atoms with van der Waals surface area (Å²) in [5.74, 6) is -1.08. The van der Waals surface area contributed by atoms with Crippen molar-refractivity contribution in [3.05, 3.63) is 35.9 Å². The second kappa shape index (κ2) is 15.1. The number of benzene rings is 1. The molecule has 0 aromatic heterocycles. The zero-order valence-electron chi connectivity index (χ0n) is 22.4. The van der Waals surface area contributed by atoms with Crippen LogP contribution in [0.25, 0.3) is 0 Å². The van der Waals surface area contributed by atoms with Gasteiger partial charge < -0.3 is 24.3 Å². The number of methoxy groups -OCH3 is 1. The number of esters is 2. The van der Waals surface area contributed by atoms with Crippen molar-refractivity contribution in [2.75, 3.05) is 33.5 Å². The molecule has 3 rings (SSSR count). The second-order valence-corrected chi connectivity index (χ2v) is 10.3. The summed E-state index contributed by atoms with van der Waals surface area (Å²) in [6.45, 7) is 3.40. The van der Waals surface area contributed by atoms with Crippen LogP contribution in [0.3, 0.4) is 0 Å². The van der Waals surface area contributed by atoms with E-state index in [0.29, 0.717) is 26.2 Å². The molecule has 1 aromatic carbocycles. The second-order valence-electron chi connectivity index (χ2n) is 10.3. The van der Waals surface area contributed by atoms with E-state index in [-0.39, 0.29) is 43.0 Å². The molecule has 0 heterocycles. The van der Waals surface area contributed by atoms with Gasteiger partial charge in [0.15, 0.2) is 0 Å². The topological polar surface area (TPSA) is 100 Å². The Balaban J connectivity index is 1.61. The number of hydrogen-bond acceptors (Lipinski definition) is 7. The molecular formula is C29H43NO7. The quantitative estimate of drug-likeness (QED) is 0.292. The molecule has 0 radical (unpaired) electrons. The van der Waals surface area contributed by atoms with Crippen LogP contribution in [0.2, 0.25) is 0 Å². The first-order chi connectivity index (χ1) is 18.0. The molecule has 0 saturated heterocycles. The predicted octanol–water partition coefficient (Wildman–Crippen LogP) is 4.20. The Labute approximate surface area is 220 Å². The van der Waals surface area contributed by atoms with E-state index < -0.39 is 11.3 Å². The predicted molar refractivity (Wildman–Crippen MR) is 138 cm³/mol. The maximum absolute atomic E-state index is 13.7. The number of ether oxygens (including phenoxy) is 4. The fourth-order valence-corrected chi connectivity index (χ4v) is 5.54. The van der Waals surface area contributed by atoms with Crippen LogP contribution in [-0.4, -0.2) is 57.4 Å². The average molecular weight is 518 g/mol. The van der Waals surface area contributed by atoms with Crippen LogP contribution in [0.4, 0.5) is 0 Å². The molecule has 8 heteroatoms. The van der Waals surface area contributed by atoms with E-state index in [1.54, 1.807) is 7.11 Å². The molecule has 1 amide bonds. The lowest BCUT2D eigenvalue weighted by Gasteiger charge is -2.34. The lowest BCUT2D eigenvalue weighted by molar-refractivity contribution is -0.154. The molecule has 1 atom stereocenters. The molecule has 8 nitrogen and oxygen atoms in total.